The standard InChI is InChI=1S/C9H13FN4O2/c1-12-3-2-9(8(10)6-12)13-5-7(4-11-13)14(15)16/h4-5,8-9H,2-3,6H2,1H3. The molecule has 88 valence electrons. The number of alkyl halides is 1. The Morgan fingerprint density at radius 1 is 1.69 bits per heavy atom. The second-order valence-electron chi connectivity index (χ2n) is 4.07. The highest BCUT2D eigenvalue weighted by Crippen LogP contribution is 2.25. The number of rotatable bonds is 2. The van der Waals surface area contributed by atoms with Crippen molar-refractivity contribution in [3.63, 3.8) is 0 Å². The Kier molecular flexibility index (Phi) is 2.86. The first-order valence-corrected chi connectivity index (χ1v) is 5.09. The molecule has 1 saturated heterocycles. The fraction of sp³-hybridized carbons (Fsp3) is 0.667. The maximum absolute atomic E-state index is 13.7. The number of hydrogen-bond acceptors (Lipinski definition) is 4. The molecule has 1 aliphatic heterocycles. The minimum atomic E-state index is -1.03. The fourth-order valence-electron chi connectivity index (χ4n) is 1.95. The molecule has 0 aromatic carbocycles. The summed E-state index contributed by atoms with van der Waals surface area (Å²) in [5.74, 6) is 0. The lowest BCUT2D eigenvalue weighted by Crippen LogP contribution is -2.40. The molecule has 1 aliphatic rings. The Bertz CT molecular complexity index is 395. The van der Waals surface area contributed by atoms with Gasteiger partial charge in [0.25, 0.3) is 0 Å². The van der Waals surface area contributed by atoms with Crippen LogP contribution in [0.2, 0.25) is 0 Å². The first-order chi connectivity index (χ1) is 7.58. The summed E-state index contributed by atoms with van der Waals surface area (Å²) >= 11 is 0. The Morgan fingerprint density at radius 3 is 3.00 bits per heavy atom. The van der Waals surface area contributed by atoms with E-state index >= 15 is 0 Å². The molecule has 2 unspecified atom stereocenters. The highest BCUT2D eigenvalue weighted by Gasteiger charge is 2.30. The van der Waals surface area contributed by atoms with Crippen molar-refractivity contribution in [1.29, 1.82) is 0 Å². The minimum absolute atomic E-state index is 0.0915. The Balaban J connectivity index is 2.14. The third-order valence-corrected chi connectivity index (χ3v) is 2.85. The van der Waals surface area contributed by atoms with Gasteiger partial charge in [0.2, 0.25) is 0 Å². The highest BCUT2D eigenvalue weighted by atomic mass is 19.1. The number of piperidine rings is 1. The first-order valence-electron chi connectivity index (χ1n) is 5.09. The molecule has 1 aromatic rings. The zero-order valence-corrected chi connectivity index (χ0v) is 8.91. The van der Waals surface area contributed by atoms with Crippen LogP contribution in [0.1, 0.15) is 12.5 Å². The molecule has 0 spiro atoms. The summed E-state index contributed by atoms with van der Waals surface area (Å²) in [6, 6.07) is -0.384. The number of halogens is 1. The average Bonchev–Trinajstić information content (AvgIpc) is 2.66. The van der Waals surface area contributed by atoms with E-state index in [-0.39, 0.29) is 11.7 Å². The smallest absolute Gasteiger partial charge is 0.303 e. The molecule has 2 heterocycles. The number of nitro groups is 1. The van der Waals surface area contributed by atoms with Crippen molar-refractivity contribution < 1.29 is 9.31 Å². The van der Waals surface area contributed by atoms with Gasteiger partial charge in [-0.25, -0.2) is 4.39 Å². The van der Waals surface area contributed by atoms with Crippen molar-refractivity contribution in [2.24, 2.45) is 0 Å². The van der Waals surface area contributed by atoms with E-state index < -0.39 is 11.1 Å². The number of hydrogen-bond donors (Lipinski definition) is 0. The Labute approximate surface area is 91.8 Å². The van der Waals surface area contributed by atoms with Crippen LogP contribution in [-0.4, -0.2) is 45.9 Å². The molecule has 1 fully saturated rings. The molecule has 0 N–H and O–H groups in total. The Hall–Kier alpha value is -1.50. The van der Waals surface area contributed by atoms with Crippen LogP contribution in [0.4, 0.5) is 10.1 Å². The van der Waals surface area contributed by atoms with Crippen LogP contribution in [0.25, 0.3) is 0 Å². The minimum Gasteiger partial charge on any atom is -0.303 e. The zero-order chi connectivity index (χ0) is 11.7. The van der Waals surface area contributed by atoms with Crippen LogP contribution in [-0.2, 0) is 0 Å². The lowest BCUT2D eigenvalue weighted by atomic mass is 10.0. The molecule has 7 heteroatoms. The van der Waals surface area contributed by atoms with Gasteiger partial charge in [-0.05, 0) is 13.5 Å². The van der Waals surface area contributed by atoms with Crippen LogP contribution in [0.3, 0.4) is 0 Å². The molecule has 2 atom stereocenters. The molecule has 0 radical (unpaired) electrons. The van der Waals surface area contributed by atoms with Crippen LogP contribution in [0.15, 0.2) is 12.4 Å². The van der Waals surface area contributed by atoms with Crippen molar-refractivity contribution in [3.05, 3.63) is 22.5 Å². The lowest BCUT2D eigenvalue weighted by Gasteiger charge is -2.32. The third-order valence-electron chi connectivity index (χ3n) is 2.85. The molecule has 2 rings (SSSR count). The molecule has 1 aromatic heterocycles. The van der Waals surface area contributed by atoms with Crippen molar-refractivity contribution in [2.45, 2.75) is 18.6 Å². The second kappa shape index (κ2) is 4.17. The van der Waals surface area contributed by atoms with Gasteiger partial charge in [0.05, 0.1) is 11.0 Å². The van der Waals surface area contributed by atoms with Gasteiger partial charge in [-0.2, -0.15) is 5.10 Å². The van der Waals surface area contributed by atoms with Crippen LogP contribution >= 0.6 is 0 Å². The van der Waals surface area contributed by atoms with E-state index in [1.165, 1.54) is 10.9 Å². The molecule has 0 amide bonds. The fourth-order valence-corrected chi connectivity index (χ4v) is 1.95. The van der Waals surface area contributed by atoms with E-state index in [1.54, 1.807) is 0 Å². The quantitative estimate of drug-likeness (QED) is 0.559. The highest BCUT2D eigenvalue weighted by molar-refractivity contribution is 5.21. The van der Waals surface area contributed by atoms with Gasteiger partial charge in [-0.1, -0.05) is 0 Å². The maximum Gasteiger partial charge on any atom is 0.307 e. The monoisotopic (exact) mass is 228 g/mol. The van der Waals surface area contributed by atoms with Gasteiger partial charge in [-0.3, -0.25) is 14.8 Å². The van der Waals surface area contributed by atoms with Crippen molar-refractivity contribution in [3.8, 4) is 0 Å². The molecule has 0 aliphatic carbocycles. The predicted octanol–water partition coefficient (Wildman–Crippen LogP) is 1.01. The molecule has 16 heavy (non-hydrogen) atoms. The van der Waals surface area contributed by atoms with Crippen molar-refractivity contribution in [1.82, 2.24) is 14.7 Å². The molecule has 6 nitrogen and oxygen atoms in total. The zero-order valence-electron chi connectivity index (χ0n) is 8.91. The van der Waals surface area contributed by atoms with E-state index in [2.05, 4.69) is 5.10 Å². The number of aromatic nitrogens is 2. The first kappa shape index (κ1) is 11.0. The lowest BCUT2D eigenvalue weighted by molar-refractivity contribution is -0.385. The van der Waals surface area contributed by atoms with Gasteiger partial charge in [-0.15, -0.1) is 0 Å². The van der Waals surface area contributed by atoms with E-state index in [1.807, 2.05) is 11.9 Å². The molecule has 0 saturated carbocycles. The van der Waals surface area contributed by atoms with E-state index in [0.717, 1.165) is 12.7 Å². The van der Waals surface area contributed by atoms with Gasteiger partial charge >= 0.3 is 5.69 Å². The van der Waals surface area contributed by atoms with Crippen LogP contribution in [0.5, 0.6) is 0 Å². The topological polar surface area (TPSA) is 64.2 Å². The summed E-state index contributed by atoms with van der Waals surface area (Å²) in [4.78, 5) is 11.9. The number of likely N-dealkylation sites (tertiary alicyclic amines) is 1. The Morgan fingerprint density at radius 2 is 2.44 bits per heavy atom. The van der Waals surface area contributed by atoms with E-state index in [4.69, 9.17) is 0 Å². The normalized spacial score (nSPS) is 26.9. The average molecular weight is 228 g/mol. The summed E-state index contributed by atoms with van der Waals surface area (Å²) in [5.41, 5.74) is -0.0915. The van der Waals surface area contributed by atoms with E-state index in [0.29, 0.717) is 13.0 Å². The van der Waals surface area contributed by atoms with Gasteiger partial charge in [0.1, 0.15) is 18.6 Å². The largest absolute Gasteiger partial charge is 0.307 e. The van der Waals surface area contributed by atoms with Gasteiger partial charge < -0.3 is 4.90 Å². The van der Waals surface area contributed by atoms with Crippen molar-refractivity contribution >= 4 is 5.69 Å². The summed E-state index contributed by atoms with van der Waals surface area (Å²) in [6.45, 7) is 1.12. The van der Waals surface area contributed by atoms with Gasteiger partial charge in [0, 0.05) is 13.1 Å². The second-order valence-corrected chi connectivity index (χ2v) is 4.07. The van der Waals surface area contributed by atoms with Crippen LogP contribution < -0.4 is 0 Å². The SMILES string of the molecule is CN1CCC(n2cc([N+](=O)[O-])cn2)C(F)C1. The summed E-state index contributed by atoms with van der Waals surface area (Å²) in [7, 11) is 1.86. The van der Waals surface area contributed by atoms with Gasteiger partial charge in [0.15, 0.2) is 0 Å². The summed E-state index contributed by atoms with van der Waals surface area (Å²) in [5, 5.41) is 14.3. The maximum atomic E-state index is 13.7. The van der Waals surface area contributed by atoms with Crippen molar-refractivity contribution in [2.75, 3.05) is 20.1 Å². The van der Waals surface area contributed by atoms with Crippen LogP contribution in [0, 0.1) is 10.1 Å². The predicted molar refractivity (Wildman–Crippen MR) is 54.9 cm³/mol. The van der Waals surface area contributed by atoms with E-state index in [9.17, 15) is 14.5 Å². The summed E-state index contributed by atoms with van der Waals surface area (Å²) in [6.07, 6.45) is 2.04. The summed E-state index contributed by atoms with van der Waals surface area (Å²) < 4.78 is 15.1. The molecular formula is C9H13FN4O2. The third kappa shape index (κ3) is 2.04. The molecular weight excluding hydrogens is 215 g/mol. The number of nitrogens with zero attached hydrogens (tertiary/aromatic N) is 4. The molecule has 0 bridgehead atoms.